The van der Waals surface area contributed by atoms with E-state index in [-0.39, 0.29) is 30.0 Å². The number of amides is 2. The quantitative estimate of drug-likeness (QED) is 0.333. The van der Waals surface area contributed by atoms with Crippen molar-refractivity contribution in [2.75, 3.05) is 25.0 Å². The molecule has 2 amide bonds. The molecule has 1 aliphatic rings. The van der Waals surface area contributed by atoms with Gasteiger partial charge in [0, 0.05) is 13.1 Å². The molecule has 0 atom stereocenters. The normalized spacial score (nSPS) is 21.9. The van der Waals surface area contributed by atoms with Crippen molar-refractivity contribution in [1.82, 2.24) is 4.90 Å². The van der Waals surface area contributed by atoms with Crippen molar-refractivity contribution in [2.24, 2.45) is 0 Å². The number of carbonyl (C=O) groups is 3. The minimum Gasteiger partial charge on any atom is -0.462 e. The Kier molecular flexibility index (Phi) is 7.90. The zero-order valence-electron chi connectivity index (χ0n) is 19.8. The van der Waals surface area contributed by atoms with Crippen molar-refractivity contribution in [1.29, 1.82) is 0 Å². The highest BCUT2D eigenvalue weighted by Gasteiger charge is 3.02. The van der Waals surface area contributed by atoms with Crippen molar-refractivity contribution < 1.29 is 67.4 Å². The minimum atomic E-state index is -7.50. The van der Waals surface area contributed by atoms with E-state index >= 15 is 4.39 Å². The van der Waals surface area contributed by atoms with Crippen LogP contribution in [0.5, 0.6) is 0 Å². The van der Waals surface area contributed by atoms with E-state index in [9.17, 15) is 58.3 Å². The average Bonchev–Trinajstić information content (AvgIpc) is 3.13. The third kappa shape index (κ3) is 3.76. The van der Waals surface area contributed by atoms with Crippen LogP contribution in [0.4, 0.5) is 53.3 Å². The lowest BCUT2D eigenvalue weighted by molar-refractivity contribution is -0.475. The molecule has 216 valence electrons. The third-order valence-electron chi connectivity index (χ3n) is 5.85. The summed E-state index contributed by atoms with van der Waals surface area (Å²) in [6.07, 6.45) is 0. The highest BCUT2D eigenvalue weighted by molar-refractivity contribution is 7.18. The molecule has 2 rings (SSSR count). The van der Waals surface area contributed by atoms with Gasteiger partial charge in [-0.2, -0.15) is 43.9 Å². The van der Waals surface area contributed by atoms with Gasteiger partial charge >= 0.3 is 41.3 Å². The van der Waals surface area contributed by atoms with Crippen LogP contribution in [0, 0.1) is 6.92 Å². The summed E-state index contributed by atoms with van der Waals surface area (Å²) < 4.78 is 159. The molecule has 1 heterocycles. The van der Waals surface area contributed by atoms with Crippen molar-refractivity contribution >= 4 is 34.1 Å². The molecule has 38 heavy (non-hydrogen) atoms. The van der Waals surface area contributed by atoms with E-state index in [1.165, 1.54) is 20.8 Å². The highest BCUT2D eigenvalue weighted by Crippen LogP contribution is 2.69. The number of thiophene rings is 1. The molecular weight excluding hydrogens is 573 g/mol. The number of halogens is 11. The Hall–Kier alpha value is -2.66. The second-order valence-corrected chi connectivity index (χ2v) is 8.96. The summed E-state index contributed by atoms with van der Waals surface area (Å²) in [6.45, 7) is 5.04. The Bertz CT molecular complexity index is 1100. The summed E-state index contributed by atoms with van der Waals surface area (Å²) in [5, 5.41) is -0.273. The number of alkyl halides is 11. The fraction of sp³-hybridized carbons (Fsp3) is 0.650. The number of esters is 1. The van der Waals surface area contributed by atoms with E-state index in [2.05, 4.69) is 4.74 Å². The number of carbonyl (C=O) groups excluding carboxylic acids is 3. The molecular formula is C20H19F11N2O4S. The topological polar surface area (TPSA) is 75.7 Å². The highest BCUT2D eigenvalue weighted by atomic mass is 32.1. The van der Waals surface area contributed by atoms with Crippen LogP contribution in [0.25, 0.3) is 0 Å². The molecule has 1 N–H and O–H groups in total. The smallest absolute Gasteiger partial charge is 0.384 e. The Morgan fingerprint density at radius 3 is 1.61 bits per heavy atom. The first-order valence-electron chi connectivity index (χ1n) is 10.6. The molecule has 6 nitrogen and oxygen atoms in total. The molecule has 0 radical (unpaired) electrons. The van der Waals surface area contributed by atoms with E-state index in [0.29, 0.717) is 0 Å². The van der Waals surface area contributed by atoms with Gasteiger partial charge < -0.3 is 15.0 Å². The summed E-state index contributed by atoms with van der Waals surface area (Å²) in [7, 11) is 0. The Balaban J connectivity index is 2.77. The SMILES string of the molecule is CCOC(=O)c1c(NC(=O)C2(F)C(F)(F)C(F)(F)C(F)(F)C(F)(F)C2(F)F)sc(C(=O)N(CC)CC)c1C. The van der Waals surface area contributed by atoms with E-state index in [0.717, 1.165) is 17.1 Å². The summed E-state index contributed by atoms with van der Waals surface area (Å²) in [6, 6.07) is 0. The van der Waals surface area contributed by atoms with E-state index < -0.39 is 75.1 Å². The van der Waals surface area contributed by atoms with Gasteiger partial charge in [-0.3, -0.25) is 9.59 Å². The summed E-state index contributed by atoms with van der Waals surface area (Å²) >= 11 is -0.00522. The van der Waals surface area contributed by atoms with Gasteiger partial charge in [0.05, 0.1) is 17.0 Å². The molecule has 0 aliphatic heterocycles. The number of nitrogens with one attached hydrogen (secondary N) is 1. The number of anilines is 1. The van der Waals surface area contributed by atoms with Crippen LogP contribution in [0.2, 0.25) is 0 Å². The van der Waals surface area contributed by atoms with Crippen LogP contribution in [0.1, 0.15) is 46.4 Å². The molecule has 1 fully saturated rings. The lowest BCUT2D eigenvalue weighted by atomic mass is 9.71. The van der Waals surface area contributed by atoms with Crippen LogP contribution in [0.15, 0.2) is 0 Å². The summed E-state index contributed by atoms with van der Waals surface area (Å²) in [4.78, 5) is 38.2. The van der Waals surface area contributed by atoms with Gasteiger partial charge in [0.25, 0.3) is 11.8 Å². The van der Waals surface area contributed by atoms with Gasteiger partial charge in [0.2, 0.25) is 0 Å². The molecule has 1 saturated carbocycles. The van der Waals surface area contributed by atoms with E-state index in [4.69, 9.17) is 0 Å². The Morgan fingerprint density at radius 1 is 0.789 bits per heavy atom. The molecule has 1 aromatic heterocycles. The zero-order valence-corrected chi connectivity index (χ0v) is 20.6. The van der Waals surface area contributed by atoms with Gasteiger partial charge in [-0.25, -0.2) is 9.18 Å². The maximum Gasteiger partial charge on any atom is 0.384 e. The Morgan fingerprint density at radius 2 is 1.21 bits per heavy atom. The van der Waals surface area contributed by atoms with Crippen LogP contribution in [0.3, 0.4) is 0 Å². The molecule has 1 aliphatic carbocycles. The van der Waals surface area contributed by atoms with Crippen molar-refractivity contribution in [3.8, 4) is 0 Å². The van der Waals surface area contributed by atoms with Gasteiger partial charge in [-0.1, -0.05) is 0 Å². The molecule has 0 unspecified atom stereocenters. The van der Waals surface area contributed by atoms with Crippen molar-refractivity contribution in [3.63, 3.8) is 0 Å². The third-order valence-corrected chi connectivity index (χ3v) is 7.05. The van der Waals surface area contributed by atoms with E-state index in [1.54, 1.807) is 0 Å². The second-order valence-electron chi connectivity index (χ2n) is 7.94. The van der Waals surface area contributed by atoms with E-state index in [1.807, 2.05) is 0 Å². The first-order chi connectivity index (χ1) is 17.1. The summed E-state index contributed by atoms with van der Waals surface area (Å²) in [5.41, 5.74) is -8.24. The van der Waals surface area contributed by atoms with Gasteiger partial charge in [-0.15, -0.1) is 11.3 Å². The predicted molar refractivity (Wildman–Crippen MR) is 109 cm³/mol. The fourth-order valence-electron chi connectivity index (χ4n) is 3.60. The van der Waals surface area contributed by atoms with Crippen LogP contribution in [-0.2, 0) is 9.53 Å². The first kappa shape index (κ1) is 31.6. The average molecular weight is 592 g/mol. The standard InChI is InChI=1S/C20H19F11N2O4S/c1-5-33(6-2)12(34)10-8(4)9(13(35)37-7-3)11(38-10)32-14(36)15(21)16(22,23)18(26,27)20(30,31)19(28,29)17(15,24)25/h5-7H2,1-4H3,(H,32,36). The second kappa shape index (κ2) is 9.51. The molecule has 0 aromatic carbocycles. The lowest BCUT2D eigenvalue weighted by Crippen LogP contribution is -2.86. The van der Waals surface area contributed by atoms with Gasteiger partial charge in [0.1, 0.15) is 5.00 Å². The van der Waals surface area contributed by atoms with Crippen LogP contribution >= 0.6 is 11.3 Å². The predicted octanol–water partition coefficient (Wildman–Crippen LogP) is 5.55. The number of ether oxygens (including phenoxy) is 1. The largest absolute Gasteiger partial charge is 0.462 e. The maximum absolute atomic E-state index is 15.1. The number of rotatable bonds is 7. The molecule has 18 heteroatoms. The number of nitrogens with zero attached hydrogens (tertiary/aromatic N) is 1. The number of hydrogen-bond donors (Lipinski definition) is 1. The van der Waals surface area contributed by atoms with Gasteiger partial charge in [-0.05, 0) is 33.3 Å². The lowest BCUT2D eigenvalue weighted by Gasteiger charge is -2.51. The summed E-state index contributed by atoms with van der Waals surface area (Å²) in [5.74, 6) is -43.2. The van der Waals surface area contributed by atoms with Crippen LogP contribution in [-0.4, -0.2) is 77.7 Å². The maximum atomic E-state index is 15.1. The van der Waals surface area contributed by atoms with Crippen molar-refractivity contribution in [3.05, 3.63) is 16.0 Å². The minimum absolute atomic E-state index is 0.00522. The Labute approximate surface area is 211 Å². The molecule has 0 spiro atoms. The zero-order chi connectivity index (χ0) is 29.9. The molecule has 0 bridgehead atoms. The van der Waals surface area contributed by atoms with Crippen molar-refractivity contribution in [2.45, 2.75) is 63.0 Å². The fourth-order valence-corrected chi connectivity index (χ4v) is 4.76. The van der Waals surface area contributed by atoms with Crippen LogP contribution < -0.4 is 5.32 Å². The molecule has 0 saturated heterocycles. The molecule has 1 aromatic rings. The number of hydrogen-bond acceptors (Lipinski definition) is 5. The first-order valence-corrected chi connectivity index (χ1v) is 11.4. The van der Waals surface area contributed by atoms with Gasteiger partial charge in [0.15, 0.2) is 0 Å². The monoisotopic (exact) mass is 592 g/mol.